The number of alkyl halides is 3. The molecule has 0 saturated carbocycles. The molecule has 2 fully saturated rings. The predicted octanol–water partition coefficient (Wildman–Crippen LogP) is 4.83. The molecular weight excluding hydrogens is 625 g/mol. The number of likely N-dealkylation sites (tertiary alicyclic amines) is 1. The van der Waals surface area contributed by atoms with Gasteiger partial charge < -0.3 is 39.0 Å². The number of halogens is 3. The van der Waals surface area contributed by atoms with Crippen LogP contribution in [0.3, 0.4) is 0 Å². The average Bonchev–Trinajstić information content (AvgIpc) is 3.00. The summed E-state index contributed by atoms with van der Waals surface area (Å²) in [5.41, 5.74) is -2.60. The maximum absolute atomic E-state index is 14.7. The molecule has 1 unspecified atom stereocenters. The SMILES string of the molecule is COC(=O)NCCN1C(=O)C(C2CCOCC2)Oc2cc(C(F)(F)F)c(C(=O)N(C(C)C)[C@@H]3CCCN(C(=O)OC(C)(C)C)C3)cc21. The monoisotopic (exact) mass is 670 g/mol. The molecule has 47 heavy (non-hydrogen) atoms. The van der Waals surface area contributed by atoms with Gasteiger partial charge in [0.05, 0.1) is 30.0 Å². The van der Waals surface area contributed by atoms with Gasteiger partial charge in [-0.05, 0) is 72.4 Å². The summed E-state index contributed by atoms with van der Waals surface area (Å²) in [6, 6.07) is 0.728. The van der Waals surface area contributed by atoms with E-state index in [9.17, 15) is 32.3 Å². The van der Waals surface area contributed by atoms with Crippen molar-refractivity contribution in [1.82, 2.24) is 15.1 Å². The number of nitrogens with zero attached hydrogens (tertiary/aromatic N) is 3. The lowest BCUT2D eigenvalue weighted by Gasteiger charge is -2.42. The van der Waals surface area contributed by atoms with Gasteiger partial charge in [0.15, 0.2) is 6.10 Å². The number of fused-ring (bicyclic) bond motifs is 1. The maximum Gasteiger partial charge on any atom is 0.417 e. The zero-order chi connectivity index (χ0) is 34.7. The molecule has 4 amide bonds. The zero-order valence-electron chi connectivity index (χ0n) is 27.8. The van der Waals surface area contributed by atoms with Crippen LogP contribution in [0.4, 0.5) is 28.4 Å². The minimum atomic E-state index is -4.94. The van der Waals surface area contributed by atoms with Crippen LogP contribution in [0.1, 0.15) is 76.2 Å². The number of piperidine rings is 1. The van der Waals surface area contributed by atoms with Crippen molar-refractivity contribution in [3.63, 3.8) is 0 Å². The van der Waals surface area contributed by atoms with E-state index in [2.05, 4.69) is 10.1 Å². The lowest BCUT2D eigenvalue weighted by molar-refractivity contribution is -0.138. The number of hydrogen-bond donors (Lipinski definition) is 1. The van der Waals surface area contributed by atoms with E-state index >= 15 is 0 Å². The van der Waals surface area contributed by atoms with Crippen molar-refractivity contribution in [2.24, 2.45) is 5.92 Å². The number of carbonyl (C=O) groups excluding carboxylic acids is 4. The Kier molecular flexibility index (Phi) is 11.2. The van der Waals surface area contributed by atoms with Crippen molar-refractivity contribution in [1.29, 1.82) is 0 Å². The molecule has 1 aromatic rings. The van der Waals surface area contributed by atoms with E-state index in [0.29, 0.717) is 45.4 Å². The van der Waals surface area contributed by atoms with Gasteiger partial charge >= 0.3 is 18.4 Å². The summed E-state index contributed by atoms with van der Waals surface area (Å²) in [6.07, 6.45) is -5.36. The Hall–Kier alpha value is -3.75. The van der Waals surface area contributed by atoms with Gasteiger partial charge in [0.25, 0.3) is 11.8 Å². The third kappa shape index (κ3) is 8.59. The van der Waals surface area contributed by atoms with Crippen molar-refractivity contribution in [2.45, 2.75) is 90.3 Å². The number of methoxy groups -OCH3 is 1. The molecule has 262 valence electrons. The van der Waals surface area contributed by atoms with Crippen molar-refractivity contribution < 1.29 is 51.3 Å². The Bertz CT molecular complexity index is 1330. The molecule has 2 atom stereocenters. The summed E-state index contributed by atoms with van der Waals surface area (Å²) in [5.74, 6) is -1.87. The Labute approximate surface area is 272 Å². The number of nitrogens with one attached hydrogen (secondary N) is 1. The van der Waals surface area contributed by atoms with Crippen LogP contribution >= 0.6 is 0 Å². The van der Waals surface area contributed by atoms with Gasteiger partial charge in [0, 0.05) is 51.4 Å². The van der Waals surface area contributed by atoms with Gasteiger partial charge in [-0.3, -0.25) is 9.59 Å². The number of hydrogen-bond acceptors (Lipinski definition) is 8. The molecule has 0 spiro atoms. The molecule has 3 heterocycles. The summed E-state index contributed by atoms with van der Waals surface area (Å²) in [6.45, 7) is 9.68. The normalized spacial score (nSPS) is 20.8. The second-order valence-corrected chi connectivity index (χ2v) is 13.3. The number of anilines is 1. The van der Waals surface area contributed by atoms with Gasteiger partial charge in [-0.2, -0.15) is 13.2 Å². The molecule has 2 saturated heterocycles. The average molecular weight is 671 g/mol. The van der Waals surface area contributed by atoms with Crippen LogP contribution < -0.4 is 15.0 Å². The van der Waals surface area contributed by atoms with Gasteiger partial charge in [-0.15, -0.1) is 0 Å². The molecule has 1 aromatic carbocycles. The molecule has 0 aromatic heterocycles. The van der Waals surface area contributed by atoms with Crippen molar-refractivity contribution in [3.05, 3.63) is 23.3 Å². The Morgan fingerprint density at radius 1 is 1.11 bits per heavy atom. The molecule has 12 nitrogen and oxygen atoms in total. The molecule has 3 aliphatic rings. The van der Waals surface area contributed by atoms with Gasteiger partial charge in [0.2, 0.25) is 0 Å². The quantitative estimate of drug-likeness (QED) is 0.437. The zero-order valence-corrected chi connectivity index (χ0v) is 27.8. The number of alkyl carbamates (subject to hydrolysis) is 1. The number of benzene rings is 1. The Morgan fingerprint density at radius 3 is 2.38 bits per heavy atom. The van der Waals surface area contributed by atoms with Crippen LogP contribution in [-0.4, -0.2) is 104 Å². The lowest BCUT2D eigenvalue weighted by atomic mass is 9.91. The highest BCUT2D eigenvalue weighted by molar-refractivity contribution is 6.04. The van der Waals surface area contributed by atoms with Crippen molar-refractivity contribution >= 4 is 29.7 Å². The first-order valence-corrected chi connectivity index (χ1v) is 15.9. The molecule has 0 bridgehead atoms. The van der Waals surface area contributed by atoms with Crippen LogP contribution in [0.5, 0.6) is 5.75 Å². The number of amides is 4. The first kappa shape index (κ1) is 36.1. The molecule has 0 radical (unpaired) electrons. The predicted molar refractivity (Wildman–Crippen MR) is 164 cm³/mol. The molecule has 3 aliphatic heterocycles. The standard InChI is InChI=1S/C32H45F3N4O8/c1-19(2)39(21-8-7-12-37(18-21)30(43)47-31(3,4)5)27(40)22-16-24-25(17-23(22)32(33,34)35)46-26(20-9-14-45-15-10-20)28(41)38(24)13-11-36-29(42)44-6/h16-17,19-21,26H,7-15,18H2,1-6H3,(H,36,42)/t21-,26?/m1/s1. The molecular formula is C32H45F3N4O8. The summed E-state index contributed by atoms with van der Waals surface area (Å²) < 4.78 is 65.7. The van der Waals surface area contributed by atoms with E-state index in [1.807, 2.05) is 0 Å². The van der Waals surface area contributed by atoms with Crippen LogP contribution in [0.15, 0.2) is 12.1 Å². The van der Waals surface area contributed by atoms with Gasteiger partial charge in [-0.1, -0.05) is 0 Å². The van der Waals surface area contributed by atoms with Gasteiger partial charge in [-0.25, -0.2) is 9.59 Å². The summed E-state index contributed by atoms with van der Waals surface area (Å²) in [5, 5.41) is 2.49. The fourth-order valence-corrected chi connectivity index (χ4v) is 6.27. The second-order valence-electron chi connectivity index (χ2n) is 13.3. The largest absolute Gasteiger partial charge is 0.478 e. The van der Waals surface area contributed by atoms with Crippen molar-refractivity contribution in [3.8, 4) is 5.75 Å². The van der Waals surface area contributed by atoms with E-state index in [1.165, 1.54) is 21.8 Å². The third-order valence-corrected chi connectivity index (χ3v) is 8.41. The summed E-state index contributed by atoms with van der Waals surface area (Å²) in [7, 11) is 1.18. The molecule has 0 aliphatic carbocycles. The number of carbonyl (C=O) groups is 4. The van der Waals surface area contributed by atoms with Crippen molar-refractivity contribution in [2.75, 3.05) is 51.4 Å². The minimum Gasteiger partial charge on any atom is -0.478 e. The van der Waals surface area contributed by atoms with E-state index in [1.54, 1.807) is 34.6 Å². The fourth-order valence-electron chi connectivity index (χ4n) is 6.27. The van der Waals surface area contributed by atoms with E-state index < -0.39 is 65.1 Å². The lowest BCUT2D eigenvalue weighted by Crippen LogP contribution is -2.55. The van der Waals surface area contributed by atoms with Crippen LogP contribution in [0.25, 0.3) is 0 Å². The Balaban J connectivity index is 1.74. The maximum atomic E-state index is 14.7. The first-order chi connectivity index (χ1) is 22.0. The molecule has 1 N–H and O–H groups in total. The highest BCUT2D eigenvalue weighted by Gasteiger charge is 2.45. The smallest absolute Gasteiger partial charge is 0.417 e. The number of rotatable bonds is 7. The molecule has 4 rings (SSSR count). The minimum absolute atomic E-state index is 0.0101. The van der Waals surface area contributed by atoms with Crippen LogP contribution in [0.2, 0.25) is 0 Å². The van der Waals surface area contributed by atoms with E-state index in [4.69, 9.17) is 14.2 Å². The number of ether oxygens (including phenoxy) is 4. The highest BCUT2D eigenvalue weighted by atomic mass is 19.4. The van der Waals surface area contributed by atoms with E-state index in [-0.39, 0.29) is 37.0 Å². The second kappa shape index (κ2) is 14.6. The van der Waals surface area contributed by atoms with Crippen LogP contribution in [-0.2, 0) is 25.2 Å². The fraction of sp³-hybridized carbons (Fsp3) is 0.688. The first-order valence-electron chi connectivity index (χ1n) is 15.9. The highest BCUT2D eigenvalue weighted by Crippen LogP contribution is 2.44. The topological polar surface area (TPSA) is 127 Å². The summed E-state index contributed by atoms with van der Waals surface area (Å²) in [4.78, 5) is 56.8. The van der Waals surface area contributed by atoms with Gasteiger partial charge in [0.1, 0.15) is 11.4 Å². The Morgan fingerprint density at radius 2 is 1.79 bits per heavy atom. The summed E-state index contributed by atoms with van der Waals surface area (Å²) >= 11 is 0. The van der Waals surface area contributed by atoms with Crippen LogP contribution in [0, 0.1) is 5.92 Å². The molecule has 15 heteroatoms. The third-order valence-electron chi connectivity index (χ3n) is 8.41. The van der Waals surface area contributed by atoms with E-state index in [0.717, 1.165) is 12.1 Å².